The summed E-state index contributed by atoms with van der Waals surface area (Å²) in [6.07, 6.45) is 0. The molecule has 1 heteroatoms. The summed E-state index contributed by atoms with van der Waals surface area (Å²) in [5.41, 5.74) is 9.45. The molecule has 0 aliphatic carbocycles. The Bertz CT molecular complexity index is 665. The minimum Gasteiger partial charge on any atom is -0.405 e. The van der Waals surface area contributed by atoms with Gasteiger partial charge in [0.1, 0.15) is 0 Å². The van der Waals surface area contributed by atoms with Gasteiger partial charge in [0.25, 0.3) is 0 Å². The lowest BCUT2D eigenvalue weighted by atomic mass is 10.0. The van der Waals surface area contributed by atoms with Crippen LogP contribution in [0.2, 0.25) is 0 Å². The van der Waals surface area contributed by atoms with Crippen molar-refractivity contribution in [1.29, 1.82) is 0 Å². The highest BCUT2D eigenvalue weighted by Crippen LogP contribution is 2.25. The van der Waals surface area contributed by atoms with Crippen molar-refractivity contribution in [2.45, 2.75) is 48.5 Å². The molecule has 2 aromatic rings. The summed E-state index contributed by atoms with van der Waals surface area (Å²) in [5, 5.41) is 1.40. The third-order valence-corrected chi connectivity index (χ3v) is 4.11. The maximum absolute atomic E-state index is 2.34. The molecule has 19 heavy (non-hydrogen) atoms. The Morgan fingerprint density at radius 3 is 2.32 bits per heavy atom. The number of aryl methyl sites for hydroxylation is 3. The van der Waals surface area contributed by atoms with Gasteiger partial charge in [-0.2, -0.15) is 5.57 Å². The molecule has 0 atom stereocenters. The maximum atomic E-state index is 2.34. The van der Waals surface area contributed by atoms with Crippen LogP contribution in [0.4, 0.5) is 0 Å². The van der Waals surface area contributed by atoms with Gasteiger partial charge in [0.15, 0.2) is 0 Å². The molecule has 0 aliphatic heterocycles. The number of rotatable bonds is 2. The van der Waals surface area contributed by atoms with Gasteiger partial charge in [0.2, 0.25) is 0 Å². The molecule has 1 heterocycles. The lowest BCUT2D eigenvalue weighted by Gasteiger charge is -2.16. The fourth-order valence-electron chi connectivity index (χ4n) is 2.65. The lowest BCUT2D eigenvalue weighted by molar-refractivity contribution is -0.606. The van der Waals surface area contributed by atoms with Crippen LogP contribution >= 0.6 is 0 Å². The first-order chi connectivity index (χ1) is 8.82. The van der Waals surface area contributed by atoms with Crippen LogP contribution in [0, 0.1) is 34.2 Å². The second-order valence-corrected chi connectivity index (χ2v) is 5.87. The first-order valence-corrected chi connectivity index (χ1v) is 6.90. The summed E-state index contributed by atoms with van der Waals surface area (Å²) >= 11 is 0. The zero-order chi connectivity index (χ0) is 14.3. The van der Waals surface area contributed by atoms with E-state index < -0.39 is 0 Å². The predicted octanol–water partition coefficient (Wildman–Crippen LogP) is 4.45. The van der Waals surface area contributed by atoms with Crippen LogP contribution in [-0.2, 0) is 0 Å². The van der Waals surface area contributed by atoms with Gasteiger partial charge in [-0.1, -0.05) is 42.7 Å². The molecule has 1 aromatic carbocycles. The van der Waals surface area contributed by atoms with Crippen LogP contribution in [0.1, 0.15) is 43.2 Å². The molecule has 0 saturated carbocycles. The van der Waals surface area contributed by atoms with Gasteiger partial charge in [0.05, 0.1) is 5.52 Å². The van der Waals surface area contributed by atoms with Crippen molar-refractivity contribution in [2.75, 3.05) is 0 Å². The molecule has 0 amide bonds. The molecule has 0 fully saturated rings. The van der Waals surface area contributed by atoms with Crippen LogP contribution < -0.4 is 4.57 Å². The highest BCUT2D eigenvalue weighted by atomic mass is 15.0. The highest BCUT2D eigenvalue weighted by Gasteiger charge is 2.10. The largest absolute Gasteiger partial charge is 0.405 e. The van der Waals surface area contributed by atoms with Gasteiger partial charge in [0, 0.05) is 12.2 Å². The van der Waals surface area contributed by atoms with E-state index in [4.69, 9.17) is 0 Å². The number of hydrogen-bond donors (Lipinski definition) is 0. The van der Waals surface area contributed by atoms with Crippen molar-refractivity contribution in [3.63, 3.8) is 0 Å². The maximum Gasteiger partial charge on any atom is 0.0562 e. The normalized spacial score (nSPS) is 10.9. The Labute approximate surface area is 116 Å². The Morgan fingerprint density at radius 1 is 1.11 bits per heavy atom. The molecule has 0 aliphatic rings. The summed E-state index contributed by atoms with van der Waals surface area (Å²) in [4.78, 5) is 0. The summed E-state index contributed by atoms with van der Waals surface area (Å²) in [5.74, 6) is 0. The van der Waals surface area contributed by atoms with E-state index in [1.54, 1.807) is 0 Å². The summed E-state index contributed by atoms with van der Waals surface area (Å²) in [6, 6.07) is 4.56. The molecular weight excluding hydrogens is 230 g/mol. The van der Waals surface area contributed by atoms with Gasteiger partial charge in [-0.25, -0.2) is 5.57 Å². The summed E-state index contributed by atoms with van der Waals surface area (Å²) < 4.78 is 2.34. The topological polar surface area (TPSA) is 3.88 Å². The Hall–Kier alpha value is -1.63. The molecule has 2 rings (SSSR count). The fraction of sp³-hybridized carbons (Fsp3) is 0.389. The van der Waals surface area contributed by atoms with Gasteiger partial charge in [-0.15, -0.1) is 13.8 Å². The second kappa shape index (κ2) is 4.80. The molecule has 0 unspecified atom stereocenters. The third kappa shape index (κ3) is 2.30. The number of nitrogens with zero attached hydrogens (tertiary/aromatic N) is 1. The Balaban J connectivity index is 2.74. The Morgan fingerprint density at radius 2 is 1.74 bits per heavy atom. The molecule has 0 saturated heterocycles. The number of allylic oxidation sites excluding steroid dienone is 2. The van der Waals surface area contributed by atoms with Gasteiger partial charge in [-0.05, 0) is 26.2 Å². The SMILES string of the molecule is CC(C)=C(C)[CH-][n+]1c2cc(C)cc(C)c2c(C)[c-]1C. The van der Waals surface area contributed by atoms with E-state index in [1.807, 2.05) is 0 Å². The van der Waals surface area contributed by atoms with Crippen molar-refractivity contribution >= 4 is 10.9 Å². The van der Waals surface area contributed by atoms with E-state index in [1.165, 1.54) is 44.4 Å². The van der Waals surface area contributed by atoms with E-state index >= 15 is 0 Å². The fourth-order valence-corrected chi connectivity index (χ4v) is 2.65. The van der Waals surface area contributed by atoms with Crippen molar-refractivity contribution < 1.29 is 4.57 Å². The van der Waals surface area contributed by atoms with Crippen LogP contribution in [0.5, 0.6) is 0 Å². The zero-order valence-corrected chi connectivity index (χ0v) is 13.2. The minimum absolute atomic E-state index is 1.33. The first kappa shape index (κ1) is 13.8. The monoisotopic (exact) mass is 254 g/mol. The van der Waals surface area contributed by atoms with Crippen molar-refractivity contribution in [3.05, 3.63) is 52.2 Å². The molecule has 102 valence electrons. The standard InChI is InChI=1S/C18H24N/c1-11(2)14(5)10-19-16(7)15(6)18-13(4)8-12(3)9-17(18)19/h8-10H,1-7H3/q-1. The molecular formula is C18H24N-. The quantitative estimate of drug-likeness (QED) is 0.551. The van der Waals surface area contributed by atoms with Crippen LogP contribution in [0.15, 0.2) is 23.3 Å². The third-order valence-electron chi connectivity index (χ3n) is 4.11. The van der Waals surface area contributed by atoms with Gasteiger partial charge >= 0.3 is 0 Å². The lowest BCUT2D eigenvalue weighted by Crippen LogP contribution is -2.34. The first-order valence-electron chi connectivity index (χ1n) is 6.90. The Kier molecular flexibility index (Phi) is 3.49. The number of benzene rings is 1. The summed E-state index contributed by atoms with van der Waals surface area (Å²) in [6.45, 7) is 17.6. The molecule has 0 N–H and O–H groups in total. The van der Waals surface area contributed by atoms with E-state index in [0.717, 1.165) is 0 Å². The van der Waals surface area contributed by atoms with E-state index in [9.17, 15) is 0 Å². The molecule has 1 aromatic heterocycles. The average Bonchev–Trinajstić information content (AvgIpc) is 2.54. The van der Waals surface area contributed by atoms with Crippen molar-refractivity contribution in [3.8, 4) is 0 Å². The summed E-state index contributed by atoms with van der Waals surface area (Å²) in [7, 11) is 0. The number of aromatic nitrogens is 1. The molecule has 1 nitrogen and oxygen atoms in total. The van der Waals surface area contributed by atoms with Gasteiger partial charge < -0.3 is 4.57 Å². The van der Waals surface area contributed by atoms with Crippen LogP contribution in [0.25, 0.3) is 10.9 Å². The van der Waals surface area contributed by atoms with Crippen LogP contribution in [-0.4, -0.2) is 0 Å². The van der Waals surface area contributed by atoms with Crippen LogP contribution in [0.3, 0.4) is 0 Å². The van der Waals surface area contributed by atoms with E-state index in [2.05, 4.69) is 71.7 Å². The van der Waals surface area contributed by atoms with Gasteiger partial charge in [-0.3, -0.25) is 0 Å². The average molecular weight is 254 g/mol. The number of fused-ring (bicyclic) bond motifs is 1. The van der Waals surface area contributed by atoms with E-state index in [0.29, 0.717) is 0 Å². The highest BCUT2D eigenvalue weighted by molar-refractivity contribution is 5.85. The second-order valence-electron chi connectivity index (χ2n) is 5.87. The molecule has 0 radical (unpaired) electrons. The minimum atomic E-state index is 1.33. The van der Waals surface area contributed by atoms with Crippen molar-refractivity contribution in [2.24, 2.45) is 0 Å². The molecule has 0 bridgehead atoms. The number of hydrogen-bond acceptors (Lipinski definition) is 0. The molecule has 0 spiro atoms. The smallest absolute Gasteiger partial charge is 0.0562 e. The predicted molar refractivity (Wildman–Crippen MR) is 82.4 cm³/mol. The van der Waals surface area contributed by atoms with E-state index in [-0.39, 0.29) is 0 Å². The van der Waals surface area contributed by atoms with Crippen molar-refractivity contribution in [1.82, 2.24) is 0 Å². The zero-order valence-electron chi connectivity index (χ0n) is 13.2.